The molecule has 0 amide bonds. The minimum Gasteiger partial charge on any atom is -0.487 e. The molecule has 0 unspecified atom stereocenters. The lowest BCUT2D eigenvalue weighted by atomic mass is 10.2. The second-order valence-corrected chi connectivity index (χ2v) is 6.08. The van der Waals surface area contributed by atoms with E-state index in [1.807, 2.05) is 6.07 Å². The molecule has 0 bridgehead atoms. The average Bonchev–Trinajstić information content (AvgIpc) is 2.24. The molecule has 1 rings (SSSR count). The van der Waals surface area contributed by atoms with Crippen LogP contribution < -0.4 is 10.1 Å². The molecule has 2 nitrogen and oxygen atoms in total. The van der Waals surface area contributed by atoms with Crippen molar-refractivity contribution in [2.45, 2.75) is 26.4 Å². The highest BCUT2D eigenvalue weighted by Gasteiger charge is 2.03. The molecular weight excluding hydrogens is 346 g/mol. The van der Waals surface area contributed by atoms with E-state index < -0.39 is 0 Å². The van der Waals surface area contributed by atoms with Crippen molar-refractivity contribution in [3.8, 4) is 5.75 Å². The predicted molar refractivity (Wildman–Crippen MR) is 79.7 cm³/mol. The Morgan fingerprint density at radius 2 is 2.18 bits per heavy atom. The van der Waals surface area contributed by atoms with Crippen molar-refractivity contribution < 1.29 is 4.74 Å². The van der Waals surface area contributed by atoms with Crippen LogP contribution in [0.4, 0.5) is 0 Å². The van der Waals surface area contributed by atoms with E-state index >= 15 is 0 Å². The van der Waals surface area contributed by atoms with E-state index in [2.05, 4.69) is 69.7 Å². The van der Waals surface area contributed by atoms with E-state index in [9.17, 15) is 0 Å². The largest absolute Gasteiger partial charge is 0.487 e. The monoisotopic (exact) mass is 361 g/mol. The smallest absolute Gasteiger partial charge is 0.134 e. The maximum absolute atomic E-state index is 5.57. The Labute approximate surface area is 120 Å². The van der Waals surface area contributed by atoms with Gasteiger partial charge in [-0.25, -0.2) is 0 Å². The maximum Gasteiger partial charge on any atom is 0.134 e. The number of rotatable bonds is 6. The van der Waals surface area contributed by atoms with Crippen molar-refractivity contribution in [2.24, 2.45) is 0 Å². The van der Waals surface area contributed by atoms with Crippen LogP contribution in [0.2, 0.25) is 0 Å². The van der Waals surface area contributed by atoms with E-state index in [0.29, 0.717) is 12.6 Å². The van der Waals surface area contributed by atoms with Gasteiger partial charge in [-0.05, 0) is 33.6 Å². The third-order valence-corrected chi connectivity index (χ3v) is 2.94. The first kappa shape index (κ1) is 14.7. The van der Waals surface area contributed by atoms with Crippen LogP contribution in [0, 0.1) is 0 Å². The van der Waals surface area contributed by atoms with Crippen LogP contribution in [-0.2, 0) is 6.54 Å². The van der Waals surface area contributed by atoms with Crippen LogP contribution in [0.5, 0.6) is 5.75 Å². The van der Waals surface area contributed by atoms with Gasteiger partial charge in [0.1, 0.15) is 12.4 Å². The van der Waals surface area contributed by atoms with Crippen LogP contribution in [0.15, 0.2) is 33.7 Å². The zero-order valence-electron chi connectivity index (χ0n) is 10.1. The Kier molecular flexibility index (Phi) is 6.23. The molecule has 1 N–H and O–H groups in total. The third-order valence-electron chi connectivity index (χ3n) is 2.10. The number of hydrogen-bond acceptors (Lipinski definition) is 2. The lowest BCUT2D eigenvalue weighted by Crippen LogP contribution is -2.21. The zero-order chi connectivity index (χ0) is 12.8. The molecule has 94 valence electrons. The van der Waals surface area contributed by atoms with Gasteiger partial charge in [0.25, 0.3) is 0 Å². The van der Waals surface area contributed by atoms with Gasteiger partial charge in [0, 0.05) is 17.1 Å². The molecule has 0 aliphatic carbocycles. The summed E-state index contributed by atoms with van der Waals surface area (Å²) in [5.74, 6) is 0.832. The Morgan fingerprint density at radius 1 is 1.47 bits per heavy atom. The standard InChI is InChI=1S/C13H17Br2NO/c1-9(2)16-7-11-4-5-13(12(15)6-11)17-8-10(3)14/h4-6,9,16H,3,7-8H2,1-2H3. The molecular formula is C13H17Br2NO. The van der Waals surface area contributed by atoms with Crippen molar-refractivity contribution >= 4 is 31.9 Å². The lowest BCUT2D eigenvalue weighted by Gasteiger charge is -2.11. The van der Waals surface area contributed by atoms with Gasteiger partial charge in [0.2, 0.25) is 0 Å². The number of nitrogens with one attached hydrogen (secondary N) is 1. The Bertz CT molecular complexity index is 391. The number of hydrogen-bond donors (Lipinski definition) is 1. The average molecular weight is 363 g/mol. The van der Waals surface area contributed by atoms with Crippen molar-refractivity contribution in [3.05, 3.63) is 39.3 Å². The molecule has 0 aliphatic heterocycles. The van der Waals surface area contributed by atoms with Gasteiger partial charge in [-0.3, -0.25) is 0 Å². The van der Waals surface area contributed by atoms with Gasteiger partial charge in [0.15, 0.2) is 0 Å². The van der Waals surface area contributed by atoms with E-state index in [1.165, 1.54) is 5.56 Å². The highest BCUT2D eigenvalue weighted by Crippen LogP contribution is 2.26. The molecule has 4 heteroatoms. The Balaban J connectivity index is 2.62. The first-order valence-electron chi connectivity index (χ1n) is 5.47. The Morgan fingerprint density at radius 3 is 2.71 bits per heavy atom. The summed E-state index contributed by atoms with van der Waals surface area (Å²) >= 11 is 6.77. The fourth-order valence-electron chi connectivity index (χ4n) is 1.25. The molecule has 0 fully saturated rings. The summed E-state index contributed by atoms with van der Waals surface area (Å²) in [6.07, 6.45) is 0. The fraction of sp³-hybridized carbons (Fsp3) is 0.385. The topological polar surface area (TPSA) is 21.3 Å². The minimum absolute atomic E-state index is 0.474. The number of benzene rings is 1. The molecule has 1 aromatic rings. The first-order valence-corrected chi connectivity index (χ1v) is 7.05. The maximum atomic E-state index is 5.57. The van der Waals surface area contributed by atoms with E-state index in [4.69, 9.17) is 4.74 Å². The third kappa shape index (κ3) is 5.70. The molecule has 0 aliphatic rings. The van der Waals surface area contributed by atoms with E-state index in [-0.39, 0.29) is 0 Å². The molecule has 0 heterocycles. The number of halogens is 2. The summed E-state index contributed by atoms with van der Waals surface area (Å²) in [6.45, 7) is 9.34. The van der Waals surface area contributed by atoms with Gasteiger partial charge in [-0.1, -0.05) is 42.4 Å². The van der Waals surface area contributed by atoms with Crippen LogP contribution in [0.3, 0.4) is 0 Å². The SMILES string of the molecule is C=C(Br)COc1ccc(CNC(C)C)cc1Br. The Hall–Kier alpha value is -0.320. The van der Waals surface area contributed by atoms with Gasteiger partial charge in [-0.15, -0.1) is 0 Å². The summed E-state index contributed by atoms with van der Waals surface area (Å²) in [5.41, 5.74) is 1.23. The highest BCUT2D eigenvalue weighted by molar-refractivity contribution is 9.11. The molecule has 1 aromatic carbocycles. The first-order chi connectivity index (χ1) is 7.99. The summed E-state index contributed by atoms with van der Waals surface area (Å²) in [4.78, 5) is 0. The fourth-order valence-corrected chi connectivity index (χ4v) is 1.90. The predicted octanol–water partition coefficient (Wildman–Crippen LogP) is 4.23. The molecule has 0 saturated carbocycles. The number of ether oxygens (including phenoxy) is 1. The molecule has 0 saturated heterocycles. The molecule has 0 radical (unpaired) electrons. The van der Waals surface area contributed by atoms with Gasteiger partial charge in [-0.2, -0.15) is 0 Å². The second-order valence-electron chi connectivity index (χ2n) is 4.11. The van der Waals surface area contributed by atoms with Gasteiger partial charge in [0.05, 0.1) is 4.47 Å². The summed E-state index contributed by atoms with van der Waals surface area (Å²) < 4.78 is 7.36. The highest BCUT2D eigenvalue weighted by atomic mass is 79.9. The van der Waals surface area contributed by atoms with E-state index in [1.54, 1.807) is 0 Å². The van der Waals surface area contributed by atoms with Gasteiger partial charge >= 0.3 is 0 Å². The molecule has 0 spiro atoms. The van der Waals surface area contributed by atoms with E-state index in [0.717, 1.165) is 21.2 Å². The van der Waals surface area contributed by atoms with Crippen LogP contribution in [-0.4, -0.2) is 12.6 Å². The summed E-state index contributed by atoms with van der Waals surface area (Å²) in [6, 6.07) is 6.59. The minimum atomic E-state index is 0.474. The van der Waals surface area contributed by atoms with Crippen molar-refractivity contribution in [3.63, 3.8) is 0 Å². The molecule has 0 aromatic heterocycles. The second kappa shape index (κ2) is 7.19. The van der Waals surface area contributed by atoms with Gasteiger partial charge < -0.3 is 10.1 Å². The normalized spacial score (nSPS) is 10.6. The summed E-state index contributed by atoms with van der Waals surface area (Å²) in [5, 5.41) is 3.38. The molecule has 0 atom stereocenters. The quantitative estimate of drug-likeness (QED) is 0.817. The summed E-state index contributed by atoms with van der Waals surface area (Å²) in [7, 11) is 0. The van der Waals surface area contributed by atoms with Crippen molar-refractivity contribution in [1.82, 2.24) is 5.32 Å². The molecule has 17 heavy (non-hydrogen) atoms. The lowest BCUT2D eigenvalue weighted by molar-refractivity contribution is 0.358. The van der Waals surface area contributed by atoms with Crippen molar-refractivity contribution in [2.75, 3.05) is 6.61 Å². The zero-order valence-corrected chi connectivity index (χ0v) is 13.3. The van der Waals surface area contributed by atoms with Crippen molar-refractivity contribution in [1.29, 1.82) is 0 Å². The van der Waals surface area contributed by atoms with Crippen LogP contribution >= 0.6 is 31.9 Å². The van der Waals surface area contributed by atoms with Crippen LogP contribution in [0.1, 0.15) is 19.4 Å². The van der Waals surface area contributed by atoms with Crippen LogP contribution in [0.25, 0.3) is 0 Å².